The van der Waals surface area contributed by atoms with E-state index in [2.05, 4.69) is 5.32 Å². The molecule has 1 N–H and O–H groups in total. The lowest BCUT2D eigenvalue weighted by Crippen LogP contribution is -2.31. The fourth-order valence-electron chi connectivity index (χ4n) is 3.19. The zero-order valence-corrected chi connectivity index (χ0v) is 18.9. The van der Waals surface area contributed by atoms with Crippen molar-refractivity contribution in [3.63, 3.8) is 0 Å². The highest BCUT2D eigenvalue weighted by molar-refractivity contribution is 8.04. The first-order chi connectivity index (χ1) is 14.9. The Kier molecular flexibility index (Phi) is 6.37. The zero-order chi connectivity index (χ0) is 22.0. The fourth-order valence-corrected chi connectivity index (χ4v) is 4.66. The topological polar surface area (TPSA) is 49.4 Å². The normalized spacial score (nSPS) is 14.5. The van der Waals surface area contributed by atoms with Gasteiger partial charge in [-0.1, -0.05) is 71.4 Å². The first kappa shape index (κ1) is 21.5. The molecule has 0 bridgehead atoms. The van der Waals surface area contributed by atoms with E-state index in [1.807, 2.05) is 42.5 Å². The lowest BCUT2D eigenvalue weighted by atomic mass is 10.1. The molecule has 0 fully saturated rings. The average molecular weight is 469 g/mol. The van der Waals surface area contributed by atoms with Crippen LogP contribution in [0.25, 0.3) is 6.08 Å². The monoisotopic (exact) mass is 468 g/mol. The molecule has 3 aromatic rings. The van der Waals surface area contributed by atoms with Crippen molar-refractivity contribution in [3.8, 4) is 0 Å². The Morgan fingerprint density at radius 2 is 1.74 bits per heavy atom. The van der Waals surface area contributed by atoms with Crippen molar-refractivity contribution in [1.29, 1.82) is 0 Å². The number of thioether (sulfide) groups is 1. The molecule has 4 rings (SSSR count). The number of nitrogens with one attached hydrogen (secondary N) is 1. The fraction of sp³-hybridized carbons (Fsp3) is 0.0833. The van der Waals surface area contributed by atoms with Crippen molar-refractivity contribution in [1.82, 2.24) is 5.32 Å². The number of hydrogen-bond acceptors (Lipinski definition) is 3. The third kappa shape index (κ3) is 4.64. The van der Waals surface area contributed by atoms with Crippen molar-refractivity contribution in [2.75, 3.05) is 11.9 Å². The number of rotatable bonds is 4. The summed E-state index contributed by atoms with van der Waals surface area (Å²) in [6, 6.07) is 20.1. The third-order valence-corrected chi connectivity index (χ3v) is 6.70. The maximum absolute atomic E-state index is 12.9. The Morgan fingerprint density at radius 3 is 2.48 bits per heavy atom. The van der Waals surface area contributed by atoms with Crippen LogP contribution in [-0.4, -0.2) is 18.9 Å². The zero-order valence-electron chi connectivity index (χ0n) is 16.6. The summed E-state index contributed by atoms with van der Waals surface area (Å²) in [5.41, 5.74) is 2.79. The van der Waals surface area contributed by atoms with E-state index in [4.69, 9.17) is 23.2 Å². The minimum Gasteiger partial charge on any atom is -0.348 e. The number of hydrogen-bond donors (Lipinski definition) is 1. The van der Waals surface area contributed by atoms with Crippen LogP contribution in [0.3, 0.4) is 0 Å². The predicted molar refractivity (Wildman–Crippen MR) is 128 cm³/mol. The lowest BCUT2D eigenvalue weighted by molar-refractivity contribution is -0.114. The van der Waals surface area contributed by atoms with E-state index in [0.29, 0.717) is 32.7 Å². The Labute approximate surface area is 194 Å². The molecule has 1 aliphatic rings. The second kappa shape index (κ2) is 9.18. The molecule has 0 unspecified atom stereocenters. The van der Waals surface area contributed by atoms with E-state index in [0.717, 1.165) is 16.0 Å². The minimum absolute atomic E-state index is 0.147. The van der Waals surface area contributed by atoms with Gasteiger partial charge in [-0.2, -0.15) is 0 Å². The quantitative estimate of drug-likeness (QED) is 0.475. The van der Waals surface area contributed by atoms with Crippen molar-refractivity contribution >= 4 is 58.5 Å². The standard InChI is InChI=1S/C24H18Cl2N2O2S/c1-28-20-12-16(23(29)27-14-17-7-3-5-9-19(17)26)10-11-21(20)31-22(24(28)30)13-15-6-2-4-8-18(15)25/h2-13H,14H2,1H3,(H,27,29)/b22-13+. The molecule has 1 aliphatic heterocycles. The van der Waals surface area contributed by atoms with Crippen LogP contribution < -0.4 is 10.2 Å². The number of halogens is 2. The number of carbonyl (C=O) groups excluding carboxylic acids is 2. The van der Waals surface area contributed by atoms with Gasteiger partial charge < -0.3 is 10.2 Å². The van der Waals surface area contributed by atoms with Crippen molar-refractivity contribution < 1.29 is 9.59 Å². The number of nitrogens with zero attached hydrogens (tertiary/aromatic N) is 1. The van der Waals surface area contributed by atoms with Crippen LogP contribution in [0.4, 0.5) is 5.69 Å². The molecule has 2 amide bonds. The highest BCUT2D eigenvalue weighted by Crippen LogP contribution is 2.42. The molecule has 1 heterocycles. The van der Waals surface area contributed by atoms with Crippen LogP contribution in [0, 0.1) is 0 Å². The Bertz CT molecular complexity index is 1210. The van der Waals surface area contributed by atoms with E-state index in [-0.39, 0.29) is 11.8 Å². The summed E-state index contributed by atoms with van der Waals surface area (Å²) >= 11 is 13.8. The number of likely N-dealkylation sites (N-methyl/N-ethyl adjacent to an activating group) is 1. The summed E-state index contributed by atoms with van der Waals surface area (Å²) in [5, 5.41) is 4.07. The van der Waals surface area contributed by atoms with Gasteiger partial charge in [-0.15, -0.1) is 0 Å². The van der Waals surface area contributed by atoms with Gasteiger partial charge in [0.15, 0.2) is 0 Å². The summed E-state index contributed by atoms with van der Waals surface area (Å²) in [6.45, 7) is 0.323. The predicted octanol–water partition coefficient (Wildman–Crippen LogP) is 6.03. The highest BCUT2D eigenvalue weighted by Gasteiger charge is 2.27. The maximum atomic E-state index is 12.9. The Balaban J connectivity index is 1.55. The molecule has 0 radical (unpaired) electrons. The number of carbonyl (C=O) groups is 2. The minimum atomic E-state index is -0.231. The second-order valence-electron chi connectivity index (χ2n) is 6.95. The van der Waals surface area contributed by atoms with E-state index < -0.39 is 0 Å². The number of benzene rings is 3. The van der Waals surface area contributed by atoms with Crippen LogP contribution in [-0.2, 0) is 11.3 Å². The van der Waals surface area contributed by atoms with E-state index in [9.17, 15) is 9.59 Å². The molecular formula is C24H18Cl2N2O2S. The number of anilines is 1. The van der Waals surface area contributed by atoms with Gasteiger partial charge >= 0.3 is 0 Å². The number of fused-ring (bicyclic) bond motifs is 1. The van der Waals surface area contributed by atoms with Crippen LogP contribution >= 0.6 is 35.0 Å². The van der Waals surface area contributed by atoms with Crippen LogP contribution in [0.2, 0.25) is 10.0 Å². The SMILES string of the molecule is CN1C(=O)/C(=C\c2ccccc2Cl)Sc2ccc(C(=O)NCc3ccccc3Cl)cc21. The van der Waals surface area contributed by atoms with Gasteiger partial charge in [0.2, 0.25) is 0 Å². The molecule has 31 heavy (non-hydrogen) atoms. The van der Waals surface area contributed by atoms with Crippen LogP contribution in [0.1, 0.15) is 21.5 Å². The first-order valence-electron chi connectivity index (χ1n) is 9.52. The molecule has 156 valence electrons. The van der Waals surface area contributed by atoms with E-state index in [1.54, 1.807) is 42.3 Å². The summed E-state index contributed by atoms with van der Waals surface area (Å²) in [5.74, 6) is -0.378. The second-order valence-corrected chi connectivity index (χ2v) is 8.85. The van der Waals surface area contributed by atoms with Crippen molar-refractivity contribution in [3.05, 3.63) is 98.4 Å². The van der Waals surface area contributed by atoms with Gasteiger partial charge in [-0.25, -0.2) is 0 Å². The summed E-state index contributed by atoms with van der Waals surface area (Å²) in [6.07, 6.45) is 1.79. The van der Waals surface area contributed by atoms with Gasteiger partial charge in [0.05, 0.1) is 10.6 Å². The Hall–Kier alpha value is -2.73. The van der Waals surface area contributed by atoms with E-state index >= 15 is 0 Å². The molecule has 0 spiro atoms. The number of amides is 2. The van der Waals surface area contributed by atoms with Crippen LogP contribution in [0.15, 0.2) is 76.5 Å². The maximum Gasteiger partial charge on any atom is 0.264 e. The van der Waals surface area contributed by atoms with Crippen molar-refractivity contribution in [2.24, 2.45) is 0 Å². The van der Waals surface area contributed by atoms with Gasteiger partial charge in [0.25, 0.3) is 11.8 Å². The largest absolute Gasteiger partial charge is 0.348 e. The molecule has 0 saturated carbocycles. The lowest BCUT2D eigenvalue weighted by Gasteiger charge is -2.27. The third-order valence-electron chi connectivity index (χ3n) is 4.91. The molecule has 0 saturated heterocycles. The van der Waals surface area contributed by atoms with Gasteiger partial charge in [0, 0.05) is 34.1 Å². The van der Waals surface area contributed by atoms with Gasteiger partial charge in [-0.3, -0.25) is 9.59 Å². The van der Waals surface area contributed by atoms with Gasteiger partial charge in [-0.05, 0) is 47.5 Å². The summed E-state index contributed by atoms with van der Waals surface area (Å²) < 4.78 is 0. The first-order valence-corrected chi connectivity index (χ1v) is 11.1. The van der Waals surface area contributed by atoms with Crippen molar-refractivity contribution in [2.45, 2.75) is 11.4 Å². The molecule has 7 heteroatoms. The van der Waals surface area contributed by atoms with E-state index in [1.165, 1.54) is 11.8 Å². The molecule has 0 aromatic heterocycles. The molecule has 0 atom stereocenters. The summed E-state index contributed by atoms with van der Waals surface area (Å²) in [4.78, 5) is 28.6. The molecule has 4 nitrogen and oxygen atoms in total. The molecular weight excluding hydrogens is 451 g/mol. The smallest absolute Gasteiger partial charge is 0.264 e. The Morgan fingerprint density at radius 1 is 1.03 bits per heavy atom. The molecule has 3 aromatic carbocycles. The van der Waals surface area contributed by atoms with Gasteiger partial charge in [0.1, 0.15) is 0 Å². The van der Waals surface area contributed by atoms with Crippen LogP contribution in [0.5, 0.6) is 0 Å². The molecule has 0 aliphatic carbocycles. The summed E-state index contributed by atoms with van der Waals surface area (Å²) in [7, 11) is 1.70. The average Bonchev–Trinajstić information content (AvgIpc) is 2.78. The highest BCUT2D eigenvalue weighted by atomic mass is 35.5.